The molecule has 3 rings (SSSR count). The monoisotopic (exact) mass is 408 g/mol. The van der Waals surface area contributed by atoms with Gasteiger partial charge in [0.1, 0.15) is 9.90 Å². The zero-order chi connectivity index (χ0) is 18.2. The highest BCUT2D eigenvalue weighted by molar-refractivity contribution is 7.94. The molecule has 0 aliphatic heterocycles. The molecule has 0 saturated heterocycles. The summed E-state index contributed by atoms with van der Waals surface area (Å²) < 4.78 is 68.8. The molecule has 5 nitrogen and oxygen atoms in total. The largest absolute Gasteiger partial charge is 0.452 e. The minimum Gasteiger partial charge on any atom is -0.351 e. The number of nitrogens with zero attached hydrogens (tertiary/aromatic N) is 1. The van der Waals surface area contributed by atoms with Crippen molar-refractivity contribution in [3.05, 3.63) is 52.6 Å². The molecule has 1 aromatic carbocycles. The van der Waals surface area contributed by atoms with Crippen molar-refractivity contribution in [3.8, 4) is 11.3 Å². The fourth-order valence-corrected chi connectivity index (χ4v) is 4.31. The number of nitrogens with one attached hydrogen (secondary N) is 1. The second-order valence-electron chi connectivity index (χ2n) is 4.84. The van der Waals surface area contributed by atoms with E-state index in [4.69, 9.17) is 11.6 Å². The van der Waals surface area contributed by atoms with Crippen LogP contribution in [0.4, 0.5) is 18.9 Å². The summed E-state index contributed by atoms with van der Waals surface area (Å²) in [6, 6.07) is 8.05. The summed E-state index contributed by atoms with van der Waals surface area (Å²) in [4.78, 5) is 0. The number of rotatable bonds is 4. The van der Waals surface area contributed by atoms with E-state index in [1.807, 2.05) is 0 Å². The van der Waals surface area contributed by atoms with Crippen molar-refractivity contribution in [2.75, 3.05) is 4.72 Å². The molecule has 0 aliphatic carbocycles. The first-order chi connectivity index (χ1) is 11.6. The van der Waals surface area contributed by atoms with E-state index in [9.17, 15) is 21.6 Å². The smallest absolute Gasteiger partial charge is 0.351 e. The second kappa shape index (κ2) is 6.36. The Hall–Kier alpha value is -2.04. The summed E-state index contributed by atoms with van der Waals surface area (Å²) in [5.41, 5.74) is 0.367. The minimum atomic E-state index is -4.66. The van der Waals surface area contributed by atoms with Crippen LogP contribution in [0.2, 0.25) is 5.02 Å². The van der Waals surface area contributed by atoms with E-state index in [1.165, 1.54) is 23.6 Å². The van der Waals surface area contributed by atoms with Crippen molar-refractivity contribution >= 4 is 38.6 Å². The van der Waals surface area contributed by atoms with Gasteiger partial charge >= 0.3 is 6.18 Å². The highest BCUT2D eigenvalue weighted by atomic mass is 35.5. The van der Waals surface area contributed by atoms with Crippen molar-refractivity contribution in [1.29, 1.82) is 0 Å². The predicted molar refractivity (Wildman–Crippen MR) is 87.1 cm³/mol. The normalized spacial score (nSPS) is 12.3. The molecule has 0 bridgehead atoms. The lowest BCUT2D eigenvalue weighted by Gasteiger charge is -2.06. The SMILES string of the molecule is O=S(=O)(Nc1cccc(Cl)c1)c1cc(-c2cc(C(F)(F)F)on2)cs1. The Morgan fingerprint density at radius 2 is 1.96 bits per heavy atom. The molecule has 1 N–H and O–H groups in total. The lowest BCUT2D eigenvalue weighted by molar-refractivity contribution is -0.155. The van der Waals surface area contributed by atoms with Gasteiger partial charge < -0.3 is 4.52 Å². The first kappa shape index (κ1) is 17.8. The topological polar surface area (TPSA) is 72.2 Å². The molecule has 25 heavy (non-hydrogen) atoms. The molecule has 2 heterocycles. The van der Waals surface area contributed by atoms with Crippen LogP contribution in [0.5, 0.6) is 0 Å². The molecular formula is C14H8ClF3N2O3S2. The van der Waals surface area contributed by atoms with E-state index in [1.54, 1.807) is 12.1 Å². The van der Waals surface area contributed by atoms with Gasteiger partial charge in [-0.25, -0.2) is 8.42 Å². The Bertz CT molecular complexity index is 1010. The summed E-state index contributed by atoms with van der Waals surface area (Å²) in [7, 11) is -3.91. The third-order valence-corrected chi connectivity index (χ3v) is 6.06. The number of hydrogen-bond acceptors (Lipinski definition) is 5. The number of anilines is 1. The molecule has 3 aromatic rings. The van der Waals surface area contributed by atoms with Gasteiger partial charge in [0.05, 0.1) is 5.69 Å². The maximum Gasteiger partial charge on any atom is 0.452 e. The first-order valence-corrected chi connectivity index (χ1v) is 9.30. The third-order valence-electron chi connectivity index (χ3n) is 3.00. The van der Waals surface area contributed by atoms with Gasteiger partial charge in [-0.2, -0.15) is 13.2 Å². The fourth-order valence-electron chi connectivity index (χ4n) is 1.89. The van der Waals surface area contributed by atoms with Gasteiger partial charge in [-0.3, -0.25) is 4.72 Å². The van der Waals surface area contributed by atoms with Crippen LogP contribution in [-0.4, -0.2) is 13.6 Å². The Morgan fingerprint density at radius 1 is 1.20 bits per heavy atom. The van der Waals surface area contributed by atoms with Crippen LogP contribution in [-0.2, 0) is 16.2 Å². The molecule has 132 valence electrons. The molecule has 0 unspecified atom stereocenters. The summed E-state index contributed by atoms with van der Waals surface area (Å²) in [5.74, 6) is -1.25. The molecular weight excluding hydrogens is 401 g/mol. The quantitative estimate of drug-likeness (QED) is 0.668. The number of thiophene rings is 1. The number of hydrogen-bond donors (Lipinski definition) is 1. The van der Waals surface area contributed by atoms with E-state index in [-0.39, 0.29) is 21.2 Å². The van der Waals surface area contributed by atoms with Gasteiger partial charge in [-0.15, -0.1) is 11.3 Å². The number of halogens is 4. The van der Waals surface area contributed by atoms with Crippen LogP contribution in [0.3, 0.4) is 0 Å². The summed E-state index contributed by atoms with van der Waals surface area (Å²) in [5, 5.41) is 5.06. The Balaban J connectivity index is 1.86. The Labute approximate surface area is 149 Å². The highest BCUT2D eigenvalue weighted by Gasteiger charge is 2.36. The lowest BCUT2D eigenvalue weighted by atomic mass is 10.2. The molecule has 0 atom stereocenters. The maximum absolute atomic E-state index is 12.5. The van der Waals surface area contributed by atoms with Crippen molar-refractivity contribution < 1.29 is 26.1 Å². The highest BCUT2D eigenvalue weighted by Crippen LogP contribution is 2.34. The zero-order valence-electron chi connectivity index (χ0n) is 12.0. The van der Waals surface area contributed by atoms with Gasteiger partial charge in [-0.1, -0.05) is 22.8 Å². The summed E-state index contributed by atoms with van der Waals surface area (Å²) in [6.45, 7) is 0. The lowest BCUT2D eigenvalue weighted by Crippen LogP contribution is -2.11. The maximum atomic E-state index is 12.5. The van der Waals surface area contributed by atoms with Crippen LogP contribution >= 0.6 is 22.9 Å². The molecule has 2 aromatic heterocycles. The fraction of sp³-hybridized carbons (Fsp3) is 0.0714. The van der Waals surface area contributed by atoms with E-state index in [0.717, 1.165) is 11.3 Å². The van der Waals surface area contributed by atoms with E-state index in [2.05, 4.69) is 14.4 Å². The van der Waals surface area contributed by atoms with Gasteiger partial charge in [0, 0.05) is 22.0 Å². The third kappa shape index (κ3) is 3.97. The van der Waals surface area contributed by atoms with Crippen LogP contribution in [0.1, 0.15) is 5.76 Å². The van der Waals surface area contributed by atoms with Crippen LogP contribution in [0.15, 0.2) is 50.5 Å². The molecule has 0 aliphatic rings. The van der Waals surface area contributed by atoms with Crippen LogP contribution in [0, 0.1) is 0 Å². The van der Waals surface area contributed by atoms with Gasteiger partial charge in [0.25, 0.3) is 10.0 Å². The van der Waals surface area contributed by atoms with Crippen molar-refractivity contribution in [2.24, 2.45) is 0 Å². The average Bonchev–Trinajstić information content (AvgIpc) is 3.16. The standard InChI is InChI=1S/C14H8ClF3N2O3S2/c15-9-2-1-3-10(5-9)20-25(21,22)13-4-8(7-24-13)11-6-12(23-19-11)14(16,17)18/h1-7,20H. The van der Waals surface area contributed by atoms with E-state index in [0.29, 0.717) is 11.1 Å². The van der Waals surface area contributed by atoms with Crippen LogP contribution < -0.4 is 4.72 Å². The Morgan fingerprint density at radius 3 is 2.60 bits per heavy atom. The summed E-state index contributed by atoms with van der Waals surface area (Å²) in [6.07, 6.45) is -4.66. The van der Waals surface area contributed by atoms with E-state index >= 15 is 0 Å². The number of alkyl halides is 3. The number of aromatic nitrogens is 1. The molecule has 0 saturated carbocycles. The number of sulfonamides is 1. The molecule has 0 radical (unpaired) electrons. The molecule has 0 fully saturated rings. The van der Waals surface area contributed by atoms with E-state index < -0.39 is 22.0 Å². The van der Waals surface area contributed by atoms with Crippen LogP contribution in [0.25, 0.3) is 11.3 Å². The van der Waals surface area contributed by atoms with Gasteiger partial charge in [0.15, 0.2) is 0 Å². The zero-order valence-corrected chi connectivity index (χ0v) is 14.4. The molecule has 0 spiro atoms. The molecule has 11 heteroatoms. The number of benzene rings is 1. The average molecular weight is 409 g/mol. The molecule has 0 amide bonds. The first-order valence-electron chi connectivity index (χ1n) is 6.56. The predicted octanol–water partition coefficient (Wildman–Crippen LogP) is 4.88. The second-order valence-corrected chi connectivity index (χ2v) is 8.10. The minimum absolute atomic E-state index is 0.0842. The van der Waals surface area contributed by atoms with Crippen molar-refractivity contribution in [2.45, 2.75) is 10.4 Å². The summed E-state index contributed by atoms with van der Waals surface area (Å²) >= 11 is 6.65. The van der Waals surface area contributed by atoms with Crippen molar-refractivity contribution in [1.82, 2.24) is 5.16 Å². The van der Waals surface area contributed by atoms with Gasteiger partial charge in [0.2, 0.25) is 5.76 Å². The Kier molecular flexibility index (Phi) is 4.52. The van der Waals surface area contributed by atoms with Gasteiger partial charge in [-0.05, 0) is 24.3 Å². The van der Waals surface area contributed by atoms with Crippen molar-refractivity contribution in [3.63, 3.8) is 0 Å².